The maximum absolute atomic E-state index is 13.5. The summed E-state index contributed by atoms with van der Waals surface area (Å²) in [5.41, 5.74) is 2.85. The molecule has 8 heteroatoms. The van der Waals surface area contributed by atoms with Gasteiger partial charge in [0.25, 0.3) is 11.7 Å². The summed E-state index contributed by atoms with van der Waals surface area (Å²) in [5, 5.41) is 11.5. The van der Waals surface area contributed by atoms with Gasteiger partial charge in [-0.1, -0.05) is 18.2 Å². The molecule has 3 aromatic rings. The van der Waals surface area contributed by atoms with E-state index in [1.54, 1.807) is 49.6 Å². The first-order chi connectivity index (χ1) is 18.4. The van der Waals surface area contributed by atoms with Gasteiger partial charge in [0.05, 0.1) is 39.6 Å². The summed E-state index contributed by atoms with van der Waals surface area (Å²) in [7, 11) is 4.63. The van der Waals surface area contributed by atoms with Crippen LogP contribution in [0.4, 0.5) is 0 Å². The second kappa shape index (κ2) is 10.5. The minimum absolute atomic E-state index is 0.0207. The Labute approximate surface area is 221 Å². The molecule has 0 aliphatic carbocycles. The minimum Gasteiger partial charge on any atom is -0.507 e. The third kappa shape index (κ3) is 4.53. The third-order valence-electron chi connectivity index (χ3n) is 6.96. The van der Waals surface area contributed by atoms with Crippen LogP contribution in [-0.4, -0.2) is 49.6 Å². The van der Waals surface area contributed by atoms with Crippen LogP contribution in [-0.2, 0) is 22.6 Å². The molecule has 8 nitrogen and oxygen atoms in total. The van der Waals surface area contributed by atoms with Gasteiger partial charge < -0.3 is 29.0 Å². The van der Waals surface area contributed by atoms with Crippen LogP contribution in [0.25, 0.3) is 5.76 Å². The number of Topliss-reactive ketones (excluding diaryl/α,β-unsaturated/α-hetero) is 1. The van der Waals surface area contributed by atoms with E-state index in [2.05, 4.69) is 0 Å². The number of aliphatic hydroxyl groups excluding tert-OH is 1. The molecule has 196 valence electrons. The summed E-state index contributed by atoms with van der Waals surface area (Å²) in [5.74, 6) is 0.749. The highest BCUT2D eigenvalue weighted by atomic mass is 16.5. The molecule has 1 unspecified atom stereocenters. The fourth-order valence-electron chi connectivity index (χ4n) is 5.00. The van der Waals surface area contributed by atoms with Crippen molar-refractivity contribution >= 4 is 17.4 Å². The van der Waals surface area contributed by atoms with E-state index in [-0.39, 0.29) is 17.9 Å². The highest BCUT2D eigenvalue weighted by molar-refractivity contribution is 6.46. The number of amides is 1. The fourth-order valence-corrected chi connectivity index (χ4v) is 5.00. The Morgan fingerprint density at radius 3 is 2.42 bits per heavy atom. The van der Waals surface area contributed by atoms with Crippen LogP contribution in [0, 0.1) is 0 Å². The SMILES string of the molecule is COc1ccc(CN2C(=O)C(=O)/C(=C(/O)c3ccc4c(c3)CCCO4)C2c2ccc(OC)c(OC)c2)cc1. The second-order valence-corrected chi connectivity index (χ2v) is 9.16. The van der Waals surface area contributed by atoms with Crippen molar-refractivity contribution in [2.45, 2.75) is 25.4 Å². The molecule has 0 saturated carbocycles. The Balaban J connectivity index is 1.63. The second-order valence-electron chi connectivity index (χ2n) is 9.16. The molecule has 3 aromatic carbocycles. The first kappa shape index (κ1) is 25.2. The summed E-state index contributed by atoms with van der Waals surface area (Å²) in [6, 6.07) is 17.0. The predicted molar refractivity (Wildman–Crippen MR) is 141 cm³/mol. The van der Waals surface area contributed by atoms with Crippen LogP contribution in [0.3, 0.4) is 0 Å². The van der Waals surface area contributed by atoms with E-state index in [4.69, 9.17) is 18.9 Å². The molecule has 0 bridgehead atoms. The van der Waals surface area contributed by atoms with Crippen LogP contribution in [0.2, 0.25) is 0 Å². The number of ketones is 1. The zero-order chi connectivity index (χ0) is 26.8. The molecule has 2 heterocycles. The number of carbonyl (C=O) groups excluding carboxylic acids is 2. The average molecular weight is 516 g/mol. The lowest BCUT2D eigenvalue weighted by Gasteiger charge is -2.26. The molecule has 1 fully saturated rings. The molecule has 1 saturated heterocycles. The lowest BCUT2D eigenvalue weighted by atomic mass is 9.93. The largest absolute Gasteiger partial charge is 0.507 e. The van der Waals surface area contributed by atoms with Gasteiger partial charge in [0.15, 0.2) is 11.5 Å². The number of nitrogens with zero attached hydrogens (tertiary/aromatic N) is 1. The molecular weight excluding hydrogens is 486 g/mol. The van der Waals surface area contributed by atoms with Gasteiger partial charge in [0, 0.05) is 12.1 Å². The van der Waals surface area contributed by atoms with Gasteiger partial charge in [-0.05, 0) is 72.0 Å². The molecule has 1 atom stereocenters. The van der Waals surface area contributed by atoms with Crippen molar-refractivity contribution in [3.8, 4) is 23.0 Å². The number of carbonyl (C=O) groups is 2. The number of ether oxygens (including phenoxy) is 4. The number of benzene rings is 3. The van der Waals surface area contributed by atoms with Crippen LogP contribution in [0.1, 0.15) is 34.7 Å². The Morgan fingerprint density at radius 2 is 1.71 bits per heavy atom. The van der Waals surface area contributed by atoms with Gasteiger partial charge in [-0.25, -0.2) is 0 Å². The van der Waals surface area contributed by atoms with E-state index in [9.17, 15) is 14.7 Å². The van der Waals surface area contributed by atoms with E-state index < -0.39 is 17.7 Å². The van der Waals surface area contributed by atoms with Crippen molar-refractivity contribution in [1.29, 1.82) is 0 Å². The first-order valence-electron chi connectivity index (χ1n) is 12.3. The molecule has 0 aromatic heterocycles. The maximum atomic E-state index is 13.5. The van der Waals surface area contributed by atoms with Crippen LogP contribution in [0.5, 0.6) is 23.0 Å². The first-order valence-corrected chi connectivity index (χ1v) is 12.3. The number of methoxy groups -OCH3 is 3. The van der Waals surface area contributed by atoms with Crippen molar-refractivity contribution in [3.63, 3.8) is 0 Å². The van der Waals surface area contributed by atoms with Gasteiger partial charge in [-0.15, -0.1) is 0 Å². The highest BCUT2D eigenvalue weighted by Crippen LogP contribution is 2.43. The number of likely N-dealkylation sites (tertiary alicyclic amines) is 1. The molecule has 2 aliphatic heterocycles. The Hall–Kier alpha value is -4.46. The summed E-state index contributed by atoms with van der Waals surface area (Å²) in [4.78, 5) is 28.3. The molecular formula is C30H29NO7. The van der Waals surface area contributed by atoms with E-state index >= 15 is 0 Å². The molecule has 1 amide bonds. The number of aliphatic hydroxyl groups is 1. The van der Waals surface area contributed by atoms with Crippen LogP contribution >= 0.6 is 0 Å². The molecule has 0 spiro atoms. The summed E-state index contributed by atoms with van der Waals surface area (Å²) in [6.07, 6.45) is 1.68. The predicted octanol–water partition coefficient (Wildman–Crippen LogP) is 4.66. The van der Waals surface area contributed by atoms with Crippen LogP contribution in [0.15, 0.2) is 66.2 Å². The number of aryl methyl sites for hydroxylation is 1. The Morgan fingerprint density at radius 1 is 0.947 bits per heavy atom. The zero-order valence-electron chi connectivity index (χ0n) is 21.5. The average Bonchev–Trinajstić information content (AvgIpc) is 3.21. The van der Waals surface area contributed by atoms with Gasteiger partial charge in [-0.3, -0.25) is 9.59 Å². The van der Waals surface area contributed by atoms with Gasteiger partial charge in [0.1, 0.15) is 17.3 Å². The van der Waals surface area contributed by atoms with Gasteiger partial charge in [0.2, 0.25) is 0 Å². The minimum atomic E-state index is -0.843. The standard InChI is InChI=1S/C30H29NO7/c1-35-22-10-6-18(7-11-22)17-31-27(20-8-13-24(36-2)25(16-20)37-3)26(29(33)30(31)34)28(32)21-9-12-23-19(15-21)5-4-14-38-23/h6-13,15-16,27,32H,4-5,14,17H2,1-3H3/b28-26+. The lowest BCUT2D eigenvalue weighted by molar-refractivity contribution is -0.140. The normalized spacial score (nSPS) is 18.1. The Kier molecular flexibility index (Phi) is 6.96. The number of rotatable bonds is 7. The van der Waals surface area contributed by atoms with E-state index in [0.717, 1.165) is 29.7 Å². The lowest BCUT2D eigenvalue weighted by Crippen LogP contribution is -2.29. The smallest absolute Gasteiger partial charge is 0.295 e. The molecule has 38 heavy (non-hydrogen) atoms. The third-order valence-corrected chi connectivity index (χ3v) is 6.96. The summed E-state index contributed by atoms with van der Waals surface area (Å²) < 4.78 is 21.8. The molecule has 1 N–H and O–H groups in total. The van der Waals surface area contributed by atoms with E-state index in [0.29, 0.717) is 35.0 Å². The number of fused-ring (bicyclic) bond motifs is 1. The maximum Gasteiger partial charge on any atom is 0.295 e. The van der Waals surface area contributed by atoms with Crippen molar-refractivity contribution < 1.29 is 33.6 Å². The highest BCUT2D eigenvalue weighted by Gasteiger charge is 2.46. The monoisotopic (exact) mass is 515 g/mol. The summed E-state index contributed by atoms with van der Waals surface area (Å²) in [6.45, 7) is 0.802. The topological polar surface area (TPSA) is 94.5 Å². The van der Waals surface area contributed by atoms with E-state index in [1.807, 2.05) is 18.2 Å². The van der Waals surface area contributed by atoms with Crippen molar-refractivity contribution in [3.05, 3.63) is 88.5 Å². The summed E-state index contributed by atoms with van der Waals surface area (Å²) >= 11 is 0. The zero-order valence-corrected chi connectivity index (χ0v) is 21.5. The van der Waals surface area contributed by atoms with Crippen molar-refractivity contribution in [2.75, 3.05) is 27.9 Å². The molecule has 0 radical (unpaired) electrons. The number of hydrogen-bond donors (Lipinski definition) is 1. The Bertz CT molecular complexity index is 1410. The number of hydrogen-bond acceptors (Lipinski definition) is 7. The van der Waals surface area contributed by atoms with Gasteiger partial charge in [-0.2, -0.15) is 0 Å². The molecule has 5 rings (SSSR count). The molecule has 2 aliphatic rings. The van der Waals surface area contributed by atoms with Crippen molar-refractivity contribution in [2.24, 2.45) is 0 Å². The van der Waals surface area contributed by atoms with Gasteiger partial charge >= 0.3 is 0 Å². The van der Waals surface area contributed by atoms with Crippen molar-refractivity contribution in [1.82, 2.24) is 4.90 Å². The fraction of sp³-hybridized carbons (Fsp3) is 0.267. The van der Waals surface area contributed by atoms with E-state index in [1.165, 1.54) is 19.1 Å². The van der Waals surface area contributed by atoms with Crippen LogP contribution < -0.4 is 18.9 Å². The quantitative estimate of drug-likeness (QED) is 0.278.